The molecule has 1 atom stereocenters. The first-order valence-electron chi connectivity index (χ1n) is 8.70. The van der Waals surface area contributed by atoms with Crippen molar-refractivity contribution in [1.82, 2.24) is 4.90 Å². The lowest BCUT2D eigenvalue weighted by Gasteiger charge is -2.43. The van der Waals surface area contributed by atoms with Crippen molar-refractivity contribution in [3.8, 4) is 0 Å². The van der Waals surface area contributed by atoms with E-state index in [0.717, 1.165) is 12.8 Å². The average molecular weight is 334 g/mol. The van der Waals surface area contributed by atoms with Gasteiger partial charge in [-0.25, -0.2) is 4.79 Å². The zero-order valence-electron chi connectivity index (χ0n) is 15.6. The van der Waals surface area contributed by atoms with Crippen LogP contribution in [-0.2, 0) is 16.4 Å². The highest BCUT2D eigenvalue weighted by molar-refractivity contribution is 6.78. The lowest BCUT2D eigenvalue weighted by Crippen LogP contribution is -2.54. The fraction of sp³-hybridized carbons (Fsp3) is 0.632. The first-order chi connectivity index (χ1) is 10.6. The number of benzene rings is 1. The Morgan fingerprint density at radius 3 is 2.22 bits per heavy atom. The van der Waals surface area contributed by atoms with Gasteiger partial charge < -0.3 is 9.64 Å². The van der Waals surface area contributed by atoms with Crippen LogP contribution in [0.1, 0.15) is 45.2 Å². The minimum Gasteiger partial charge on any atom is -0.442 e. The van der Waals surface area contributed by atoms with Gasteiger partial charge in [-0.3, -0.25) is 0 Å². The third kappa shape index (κ3) is 3.18. The molecule has 0 spiro atoms. The number of carbonyl (C=O) groups excluding carboxylic acids is 1. The third-order valence-electron chi connectivity index (χ3n) is 5.00. The number of aryl methyl sites for hydroxylation is 1. The van der Waals surface area contributed by atoms with Crippen molar-refractivity contribution in [2.75, 3.05) is 0 Å². The molecule has 0 heterocycles. The van der Waals surface area contributed by atoms with Gasteiger partial charge in [0.05, 0.1) is 0 Å². The van der Waals surface area contributed by atoms with Gasteiger partial charge in [-0.1, -0.05) is 43.9 Å². The van der Waals surface area contributed by atoms with E-state index in [1.54, 1.807) is 0 Å². The normalized spacial score (nSPS) is 20.7. The van der Waals surface area contributed by atoms with Crippen molar-refractivity contribution in [3.05, 3.63) is 35.4 Å². The lowest BCUT2D eigenvalue weighted by molar-refractivity contribution is 0.0187. The van der Waals surface area contributed by atoms with Crippen LogP contribution in [0.4, 0.5) is 4.79 Å². The van der Waals surface area contributed by atoms with Gasteiger partial charge in [-0.05, 0) is 51.7 Å². The Kier molecular flexibility index (Phi) is 4.95. The largest absolute Gasteiger partial charge is 0.442 e. The van der Waals surface area contributed by atoms with E-state index in [1.165, 1.54) is 11.1 Å². The van der Waals surface area contributed by atoms with E-state index in [-0.39, 0.29) is 18.2 Å². The predicted octanol–water partition coefficient (Wildman–Crippen LogP) is 4.96. The van der Waals surface area contributed by atoms with Crippen LogP contribution in [0.15, 0.2) is 24.3 Å². The number of hydrogen-bond donors (Lipinski definition) is 0. The molecular weight excluding hydrogens is 302 g/mol. The van der Waals surface area contributed by atoms with Crippen molar-refractivity contribution < 1.29 is 9.53 Å². The molecule has 1 aromatic carbocycles. The second-order valence-electron chi connectivity index (χ2n) is 8.20. The maximum Gasteiger partial charge on any atom is 0.410 e. The molecule has 1 amide bonds. The fourth-order valence-electron chi connectivity index (χ4n) is 3.84. The van der Waals surface area contributed by atoms with E-state index in [9.17, 15) is 4.79 Å². The number of carbonyl (C=O) groups is 1. The first kappa shape index (κ1) is 18.1. The van der Waals surface area contributed by atoms with Crippen molar-refractivity contribution >= 4 is 14.2 Å². The Morgan fingerprint density at radius 2 is 1.70 bits per heavy atom. The van der Waals surface area contributed by atoms with E-state index in [2.05, 4.69) is 43.9 Å². The summed E-state index contributed by atoms with van der Waals surface area (Å²) >= 11 is 0. The molecule has 0 bridgehead atoms. The number of rotatable bonds is 4. The highest BCUT2D eigenvalue weighted by Crippen LogP contribution is 2.46. The van der Waals surface area contributed by atoms with Crippen LogP contribution >= 0.6 is 0 Å². The summed E-state index contributed by atoms with van der Waals surface area (Å²) in [4.78, 5) is 14.8. The Morgan fingerprint density at radius 1 is 1.13 bits per heavy atom. The molecule has 0 aliphatic heterocycles. The number of fused-ring (bicyclic) bond motifs is 1. The summed E-state index contributed by atoms with van der Waals surface area (Å²) in [5.41, 5.74) is 2.57. The zero-order valence-corrected chi connectivity index (χ0v) is 16.6. The molecule has 4 heteroatoms. The highest BCUT2D eigenvalue weighted by atomic mass is 28.3. The van der Waals surface area contributed by atoms with Crippen molar-refractivity contribution in [1.29, 1.82) is 0 Å². The SMILES string of the molecule is CC(C)N(C(=O)O[C@@]1([Si](C)(C)C)CCc2ccccc21)C(C)C. The highest BCUT2D eigenvalue weighted by Gasteiger charge is 2.52. The summed E-state index contributed by atoms with van der Waals surface area (Å²) in [7, 11) is -1.77. The molecule has 128 valence electrons. The molecule has 0 fully saturated rings. The molecule has 23 heavy (non-hydrogen) atoms. The Bertz CT molecular complexity index is 569. The van der Waals surface area contributed by atoms with Crippen LogP contribution in [0.25, 0.3) is 0 Å². The van der Waals surface area contributed by atoms with Crippen LogP contribution in [0.2, 0.25) is 19.6 Å². The van der Waals surface area contributed by atoms with Crippen LogP contribution in [0.3, 0.4) is 0 Å². The van der Waals surface area contributed by atoms with Crippen LogP contribution in [0, 0.1) is 0 Å². The smallest absolute Gasteiger partial charge is 0.410 e. The van der Waals surface area contributed by atoms with Gasteiger partial charge >= 0.3 is 6.09 Å². The molecule has 1 aromatic rings. The Hall–Kier alpha value is -1.29. The van der Waals surface area contributed by atoms with Crippen LogP contribution in [-0.4, -0.2) is 31.2 Å². The first-order valence-corrected chi connectivity index (χ1v) is 12.2. The van der Waals surface area contributed by atoms with E-state index < -0.39 is 13.3 Å². The van der Waals surface area contributed by atoms with E-state index in [0.29, 0.717) is 0 Å². The monoisotopic (exact) mass is 333 g/mol. The minimum absolute atomic E-state index is 0.137. The minimum atomic E-state index is -1.77. The number of ether oxygens (including phenoxy) is 1. The number of nitrogens with zero attached hydrogens (tertiary/aromatic N) is 1. The van der Waals surface area contributed by atoms with Crippen molar-refractivity contribution in [2.24, 2.45) is 0 Å². The maximum atomic E-state index is 13.0. The second-order valence-corrected chi connectivity index (χ2v) is 13.5. The zero-order chi connectivity index (χ0) is 17.4. The van der Waals surface area contributed by atoms with Gasteiger partial charge in [-0.15, -0.1) is 0 Å². The Balaban J connectivity index is 2.42. The van der Waals surface area contributed by atoms with Crippen LogP contribution in [0.5, 0.6) is 0 Å². The lowest BCUT2D eigenvalue weighted by atomic mass is 10.1. The molecule has 0 saturated heterocycles. The average Bonchev–Trinajstić information content (AvgIpc) is 2.78. The van der Waals surface area contributed by atoms with Gasteiger partial charge in [0.25, 0.3) is 0 Å². The third-order valence-corrected chi connectivity index (χ3v) is 8.04. The predicted molar refractivity (Wildman–Crippen MR) is 98.4 cm³/mol. The molecule has 0 unspecified atom stereocenters. The molecule has 0 saturated carbocycles. The summed E-state index contributed by atoms with van der Waals surface area (Å²) < 4.78 is 6.32. The molecular formula is C19H31NO2Si. The van der Waals surface area contributed by atoms with Gasteiger partial charge in [0.2, 0.25) is 0 Å². The van der Waals surface area contributed by atoms with E-state index in [4.69, 9.17) is 4.74 Å². The fourth-order valence-corrected chi connectivity index (χ4v) is 6.16. The maximum absolute atomic E-state index is 13.0. The van der Waals surface area contributed by atoms with Crippen molar-refractivity contribution in [2.45, 2.75) is 77.5 Å². The van der Waals surface area contributed by atoms with E-state index in [1.807, 2.05) is 32.6 Å². The summed E-state index contributed by atoms with van der Waals surface area (Å²) in [6.45, 7) is 15.1. The van der Waals surface area contributed by atoms with Gasteiger partial charge in [-0.2, -0.15) is 0 Å². The standard InChI is InChI=1S/C19H31NO2Si/c1-14(2)20(15(3)4)18(21)22-19(23(5,6)7)13-12-16-10-8-9-11-17(16)19/h8-11,14-15H,12-13H2,1-7H3/t19-/m1/s1. The summed E-state index contributed by atoms with van der Waals surface area (Å²) in [6, 6.07) is 8.75. The van der Waals surface area contributed by atoms with Gasteiger partial charge in [0.15, 0.2) is 0 Å². The summed E-state index contributed by atoms with van der Waals surface area (Å²) in [5, 5.41) is -0.414. The molecule has 1 aliphatic carbocycles. The molecule has 1 aliphatic rings. The molecule has 3 nitrogen and oxygen atoms in total. The molecule has 0 radical (unpaired) electrons. The number of amides is 1. The second kappa shape index (κ2) is 6.31. The molecule has 0 N–H and O–H groups in total. The van der Waals surface area contributed by atoms with Crippen molar-refractivity contribution in [3.63, 3.8) is 0 Å². The van der Waals surface area contributed by atoms with Crippen LogP contribution < -0.4 is 0 Å². The summed E-state index contributed by atoms with van der Waals surface area (Å²) in [5.74, 6) is 0. The van der Waals surface area contributed by atoms with Gasteiger partial charge in [0.1, 0.15) is 13.3 Å². The summed E-state index contributed by atoms with van der Waals surface area (Å²) in [6.07, 6.45) is 1.74. The van der Waals surface area contributed by atoms with Gasteiger partial charge in [0, 0.05) is 12.1 Å². The topological polar surface area (TPSA) is 29.5 Å². The number of hydrogen-bond acceptors (Lipinski definition) is 2. The molecule has 2 rings (SSSR count). The van der Waals surface area contributed by atoms with E-state index >= 15 is 0 Å². The Labute approximate surface area is 142 Å². The quantitative estimate of drug-likeness (QED) is 0.729. The molecule has 0 aromatic heterocycles.